The van der Waals surface area contributed by atoms with Gasteiger partial charge in [0.2, 0.25) is 0 Å². The first-order valence-corrected chi connectivity index (χ1v) is 17.0. The first-order chi connectivity index (χ1) is 13.3. The van der Waals surface area contributed by atoms with E-state index in [0.29, 0.717) is 5.92 Å². The third kappa shape index (κ3) is 4.73. The number of hydrogen-bond donors (Lipinski definition) is 0. The van der Waals surface area contributed by atoms with Crippen molar-refractivity contribution in [3.63, 3.8) is 0 Å². The van der Waals surface area contributed by atoms with Crippen molar-refractivity contribution in [3.8, 4) is 0 Å². The van der Waals surface area contributed by atoms with E-state index in [-0.39, 0.29) is 0 Å². The molecule has 0 amide bonds. The molecular formula is C26H30Sn. The molecule has 0 heterocycles. The summed E-state index contributed by atoms with van der Waals surface area (Å²) < 4.78 is 5.84. The van der Waals surface area contributed by atoms with Crippen LogP contribution in [0, 0.1) is 0 Å². The summed E-state index contributed by atoms with van der Waals surface area (Å²) in [5.41, 5.74) is 1.40. The van der Waals surface area contributed by atoms with Crippen LogP contribution in [0.2, 0.25) is 8.87 Å². The SMILES string of the molecule is C=CC([CH2][Sn]([CH2]CCC)([c]1ccccc1)[c]1ccccc1)c1ccccc1. The van der Waals surface area contributed by atoms with Crippen molar-refractivity contribution in [1.29, 1.82) is 0 Å². The summed E-state index contributed by atoms with van der Waals surface area (Å²) in [5.74, 6) is 0.416. The van der Waals surface area contributed by atoms with Crippen molar-refractivity contribution in [2.24, 2.45) is 0 Å². The average Bonchev–Trinajstić information content (AvgIpc) is 2.76. The zero-order chi connectivity index (χ0) is 19.0. The van der Waals surface area contributed by atoms with Crippen molar-refractivity contribution in [1.82, 2.24) is 0 Å². The van der Waals surface area contributed by atoms with Gasteiger partial charge in [-0.05, 0) is 0 Å². The van der Waals surface area contributed by atoms with Crippen LogP contribution in [0.15, 0.2) is 104 Å². The van der Waals surface area contributed by atoms with Gasteiger partial charge in [0.25, 0.3) is 0 Å². The molecule has 0 aliphatic rings. The molecule has 0 aliphatic heterocycles. The van der Waals surface area contributed by atoms with Crippen molar-refractivity contribution in [2.75, 3.05) is 0 Å². The zero-order valence-electron chi connectivity index (χ0n) is 16.4. The molecule has 0 bridgehead atoms. The van der Waals surface area contributed by atoms with Gasteiger partial charge in [0.15, 0.2) is 0 Å². The molecule has 0 aromatic heterocycles. The number of unbranched alkanes of at least 4 members (excludes halogenated alkanes) is 1. The van der Waals surface area contributed by atoms with E-state index >= 15 is 0 Å². The molecule has 0 saturated heterocycles. The van der Waals surface area contributed by atoms with E-state index in [4.69, 9.17) is 0 Å². The number of rotatable bonds is 9. The van der Waals surface area contributed by atoms with E-state index in [0.717, 1.165) is 0 Å². The quantitative estimate of drug-likeness (QED) is 0.270. The predicted octanol–water partition coefficient (Wildman–Crippen LogP) is 6.02. The molecule has 0 nitrogen and oxygen atoms in total. The van der Waals surface area contributed by atoms with Gasteiger partial charge in [-0.2, -0.15) is 0 Å². The Hall–Kier alpha value is -1.80. The van der Waals surface area contributed by atoms with E-state index in [2.05, 4.69) is 111 Å². The molecule has 27 heavy (non-hydrogen) atoms. The molecule has 1 atom stereocenters. The minimum atomic E-state index is -2.88. The van der Waals surface area contributed by atoms with E-state index in [9.17, 15) is 0 Å². The van der Waals surface area contributed by atoms with Gasteiger partial charge < -0.3 is 0 Å². The molecule has 0 spiro atoms. The second kappa shape index (κ2) is 9.94. The Kier molecular flexibility index (Phi) is 7.34. The van der Waals surface area contributed by atoms with Crippen LogP contribution >= 0.6 is 0 Å². The Morgan fingerprint density at radius 3 is 1.70 bits per heavy atom. The molecule has 1 heteroatoms. The molecule has 3 rings (SSSR count). The van der Waals surface area contributed by atoms with Crippen LogP contribution in [-0.2, 0) is 0 Å². The molecule has 0 aliphatic carbocycles. The molecule has 0 fully saturated rings. The fourth-order valence-corrected chi connectivity index (χ4v) is 19.5. The second-order valence-electron chi connectivity index (χ2n) is 7.37. The normalized spacial score (nSPS) is 12.5. The Labute approximate surface area is 168 Å². The van der Waals surface area contributed by atoms with Crippen molar-refractivity contribution in [2.45, 2.75) is 34.6 Å². The van der Waals surface area contributed by atoms with Crippen molar-refractivity contribution >= 4 is 25.5 Å². The third-order valence-corrected chi connectivity index (χ3v) is 20.6. The zero-order valence-corrected chi connectivity index (χ0v) is 19.2. The van der Waals surface area contributed by atoms with Gasteiger partial charge in [-0.3, -0.25) is 0 Å². The number of hydrogen-bond acceptors (Lipinski definition) is 0. The molecule has 0 N–H and O–H groups in total. The van der Waals surface area contributed by atoms with Crippen LogP contribution in [-0.4, -0.2) is 18.4 Å². The van der Waals surface area contributed by atoms with Crippen molar-refractivity contribution in [3.05, 3.63) is 109 Å². The molecule has 1 unspecified atom stereocenters. The van der Waals surface area contributed by atoms with Gasteiger partial charge in [0.05, 0.1) is 0 Å². The summed E-state index contributed by atoms with van der Waals surface area (Å²) in [5, 5.41) is 0. The molecule has 138 valence electrons. The van der Waals surface area contributed by atoms with Crippen LogP contribution in [0.25, 0.3) is 0 Å². The molecule has 3 aromatic carbocycles. The summed E-state index contributed by atoms with van der Waals surface area (Å²) in [4.78, 5) is 0. The first kappa shape index (κ1) is 19.9. The third-order valence-electron chi connectivity index (χ3n) is 5.69. The maximum absolute atomic E-state index is 4.22. The van der Waals surface area contributed by atoms with Crippen LogP contribution in [0.3, 0.4) is 0 Å². The van der Waals surface area contributed by atoms with Gasteiger partial charge in [-0.25, -0.2) is 0 Å². The Morgan fingerprint density at radius 2 is 1.26 bits per heavy atom. The maximum atomic E-state index is 4.22. The fraction of sp³-hybridized carbons (Fsp3) is 0.231. The van der Waals surface area contributed by atoms with Crippen LogP contribution in [0.1, 0.15) is 31.2 Å². The summed E-state index contributed by atoms with van der Waals surface area (Å²) in [6.45, 7) is 6.54. The Morgan fingerprint density at radius 1 is 0.778 bits per heavy atom. The summed E-state index contributed by atoms with van der Waals surface area (Å²) in [6, 6.07) is 33.7. The average molecular weight is 461 g/mol. The summed E-state index contributed by atoms with van der Waals surface area (Å²) in [7, 11) is 0. The van der Waals surface area contributed by atoms with E-state index in [1.807, 2.05) is 0 Å². The minimum absolute atomic E-state index is 0.416. The van der Waals surface area contributed by atoms with Crippen LogP contribution in [0.5, 0.6) is 0 Å². The monoisotopic (exact) mass is 462 g/mol. The molecular weight excluding hydrogens is 431 g/mol. The predicted molar refractivity (Wildman–Crippen MR) is 122 cm³/mol. The van der Waals surface area contributed by atoms with Crippen molar-refractivity contribution < 1.29 is 0 Å². The number of allylic oxidation sites excluding steroid dienone is 1. The topological polar surface area (TPSA) is 0 Å². The van der Waals surface area contributed by atoms with Gasteiger partial charge in [0.1, 0.15) is 0 Å². The van der Waals surface area contributed by atoms with Crippen LogP contribution < -0.4 is 7.16 Å². The second-order valence-corrected chi connectivity index (χ2v) is 19.4. The van der Waals surface area contributed by atoms with E-state index in [1.165, 1.54) is 27.3 Å². The first-order valence-electron chi connectivity index (χ1n) is 10.1. The van der Waals surface area contributed by atoms with E-state index < -0.39 is 18.4 Å². The molecule has 0 radical (unpaired) electrons. The molecule has 3 aromatic rings. The van der Waals surface area contributed by atoms with Gasteiger partial charge in [-0.1, -0.05) is 0 Å². The Bertz CT molecular complexity index is 769. The fourth-order valence-electron chi connectivity index (χ4n) is 4.20. The summed E-state index contributed by atoms with van der Waals surface area (Å²) >= 11 is -2.88. The van der Waals surface area contributed by atoms with Gasteiger partial charge in [-0.15, -0.1) is 0 Å². The standard InChI is InChI=1S/C10H11.2C6H5.C4H9.Sn/c1-3-9(2)10-7-5-4-6-8-10;2*1-2-4-6-5-3-1;1-3-4-2;/h3-9H,1-2H2;2*1-5H;1,3-4H2,2H3;. The molecule has 0 saturated carbocycles. The van der Waals surface area contributed by atoms with Crippen LogP contribution in [0.4, 0.5) is 0 Å². The van der Waals surface area contributed by atoms with E-state index in [1.54, 1.807) is 7.16 Å². The van der Waals surface area contributed by atoms with Gasteiger partial charge in [0, 0.05) is 0 Å². The van der Waals surface area contributed by atoms with Gasteiger partial charge >= 0.3 is 169 Å². The summed E-state index contributed by atoms with van der Waals surface area (Å²) in [6.07, 6.45) is 4.74. The Balaban J connectivity index is 2.11. The number of benzene rings is 3.